The molecule has 1 heterocycles. The molecule has 1 aromatic heterocycles. The quantitative estimate of drug-likeness (QED) is 0.632. The average molecular weight is 442 g/mol. The predicted octanol–water partition coefficient (Wildman–Crippen LogP) is 5.38. The number of hydrogen-bond donors (Lipinski definition) is 2. The summed E-state index contributed by atoms with van der Waals surface area (Å²) in [4.78, 5) is 27.3. The summed E-state index contributed by atoms with van der Waals surface area (Å²) < 4.78 is 1.83. The van der Waals surface area contributed by atoms with Crippen molar-refractivity contribution in [3.05, 3.63) is 41.6 Å². The lowest BCUT2D eigenvalue weighted by Gasteiger charge is -2.27. The van der Waals surface area contributed by atoms with Crippen molar-refractivity contribution in [2.24, 2.45) is 0 Å². The van der Waals surface area contributed by atoms with E-state index in [0.717, 1.165) is 12.1 Å². The second-order valence-electron chi connectivity index (χ2n) is 10.5. The first-order valence-electron chi connectivity index (χ1n) is 11.3. The molecule has 0 aliphatic rings. The average Bonchev–Trinajstić information content (AvgIpc) is 3.11. The molecule has 32 heavy (non-hydrogen) atoms. The van der Waals surface area contributed by atoms with Crippen molar-refractivity contribution in [1.82, 2.24) is 14.7 Å². The van der Waals surface area contributed by atoms with Crippen molar-refractivity contribution in [3.63, 3.8) is 0 Å². The molecule has 2 rings (SSSR count). The summed E-state index contributed by atoms with van der Waals surface area (Å²) in [6, 6.07) is 9.20. The highest BCUT2D eigenvalue weighted by Gasteiger charge is 2.27. The Morgan fingerprint density at radius 2 is 1.62 bits per heavy atom. The van der Waals surface area contributed by atoms with E-state index in [2.05, 4.69) is 38.3 Å². The van der Waals surface area contributed by atoms with Gasteiger partial charge in [-0.15, -0.1) is 0 Å². The van der Waals surface area contributed by atoms with E-state index in [-0.39, 0.29) is 35.5 Å². The van der Waals surface area contributed by atoms with Gasteiger partial charge in [-0.05, 0) is 58.7 Å². The fourth-order valence-corrected chi connectivity index (χ4v) is 3.19. The third-order valence-corrected chi connectivity index (χ3v) is 5.19. The van der Waals surface area contributed by atoms with Crippen molar-refractivity contribution in [1.29, 1.82) is 0 Å². The summed E-state index contributed by atoms with van der Waals surface area (Å²) in [5, 5.41) is 10.6. The minimum Gasteiger partial charge on any atom is -0.313 e. The van der Waals surface area contributed by atoms with Gasteiger partial charge in [0.05, 0.1) is 11.2 Å². The Labute approximate surface area is 192 Å². The highest BCUT2D eigenvalue weighted by molar-refractivity contribution is 5.96. The third kappa shape index (κ3) is 6.58. The lowest BCUT2D eigenvalue weighted by atomic mass is 9.92. The largest absolute Gasteiger partial charge is 0.322 e. The Kier molecular flexibility index (Phi) is 7.75. The van der Waals surface area contributed by atoms with Crippen LogP contribution in [0.2, 0.25) is 0 Å². The maximum Gasteiger partial charge on any atom is 0.322 e. The highest BCUT2D eigenvalue weighted by Crippen LogP contribution is 2.28. The molecule has 0 saturated carbocycles. The summed E-state index contributed by atoms with van der Waals surface area (Å²) in [5.74, 6) is 0.368. The fraction of sp³-hybridized carbons (Fsp3) is 0.560. The zero-order valence-electron chi connectivity index (χ0n) is 21.0. The second-order valence-corrected chi connectivity index (χ2v) is 10.5. The smallest absolute Gasteiger partial charge is 0.313 e. The first-order chi connectivity index (χ1) is 14.7. The van der Waals surface area contributed by atoms with E-state index >= 15 is 0 Å². The molecule has 176 valence electrons. The van der Waals surface area contributed by atoms with Crippen LogP contribution in [-0.2, 0) is 22.2 Å². The van der Waals surface area contributed by atoms with Crippen LogP contribution in [0.1, 0.15) is 73.6 Å². The van der Waals surface area contributed by atoms with Gasteiger partial charge in [0.2, 0.25) is 5.91 Å². The van der Waals surface area contributed by atoms with E-state index in [4.69, 9.17) is 5.10 Å². The normalized spacial score (nSPS) is 12.1. The van der Waals surface area contributed by atoms with Crippen molar-refractivity contribution >= 4 is 23.4 Å². The molecule has 3 amide bonds. The van der Waals surface area contributed by atoms with E-state index in [1.165, 1.54) is 10.5 Å². The van der Waals surface area contributed by atoms with E-state index in [1.807, 2.05) is 69.6 Å². The number of benzene rings is 1. The van der Waals surface area contributed by atoms with Crippen molar-refractivity contribution < 1.29 is 9.59 Å². The molecule has 7 heteroatoms. The lowest BCUT2D eigenvalue weighted by molar-refractivity contribution is -0.117. The monoisotopic (exact) mass is 441 g/mol. The van der Waals surface area contributed by atoms with Crippen LogP contribution >= 0.6 is 0 Å². The zero-order chi connectivity index (χ0) is 24.3. The van der Waals surface area contributed by atoms with Gasteiger partial charge in [-0.3, -0.25) is 4.79 Å². The van der Waals surface area contributed by atoms with Crippen LogP contribution < -0.4 is 10.6 Å². The summed E-state index contributed by atoms with van der Waals surface area (Å²) in [6.07, 6.45) is 0.939. The molecule has 0 fully saturated rings. The van der Waals surface area contributed by atoms with E-state index in [9.17, 15) is 9.59 Å². The van der Waals surface area contributed by atoms with Gasteiger partial charge in [0.25, 0.3) is 0 Å². The van der Waals surface area contributed by atoms with Gasteiger partial charge in [-0.2, -0.15) is 5.10 Å². The molecule has 2 aromatic rings. The molecule has 1 aromatic carbocycles. The molecule has 0 unspecified atom stereocenters. The number of aromatic nitrogens is 2. The Hall–Kier alpha value is -2.83. The van der Waals surface area contributed by atoms with Crippen molar-refractivity contribution in [3.8, 4) is 0 Å². The van der Waals surface area contributed by atoms with Gasteiger partial charge in [0.15, 0.2) is 0 Å². The molecular formula is C25H39N5O2. The fourth-order valence-electron chi connectivity index (χ4n) is 3.19. The standard InChI is InChI=1S/C25H39N5O2/c1-10-18-11-13-19(14-12-18)26-23(32)29(17(2)3)16-22(31)27-21-15-20(24(4,5)6)28-30(21)25(7,8)9/h11-15,17H,10,16H2,1-9H3,(H,26,32)(H,27,31). The minimum absolute atomic E-state index is 0.0588. The zero-order valence-corrected chi connectivity index (χ0v) is 21.0. The number of nitrogens with zero attached hydrogens (tertiary/aromatic N) is 3. The summed E-state index contributed by atoms with van der Waals surface area (Å²) >= 11 is 0. The number of carbonyl (C=O) groups is 2. The molecule has 0 saturated heterocycles. The number of carbonyl (C=O) groups excluding carboxylic acids is 2. The van der Waals surface area contributed by atoms with Crippen LogP contribution in [0, 0.1) is 0 Å². The number of rotatable bonds is 6. The maximum atomic E-state index is 12.9. The number of aryl methyl sites for hydroxylation is 1. The topological polar surface area (TPSA) is 79.3 Å². The van der Waals surface area contributed by atoms with Gasteiger partial charge < -0.3 is 15.5 Å². The first kappa shape index (κ1) is 25.4. The molecule has 0 atom stereocenters. The number of urea groups is 1. The van der Waals surface area contributed by atoms with Gasteiger partial charge >= 0.3 is 6.03 Å². The number of hydrogen-bond acceptors (Lipinski definition) is 3. The Morgan fingerprint density at radius 3 is 2.09 bits per heavy atom. The van der Waals surface area contributed by atoms with Gasteiger partial charge in [-0.25, -0.2) is 9.48 Å². The minimum atomic E-state index is -0.306. The molecule has 0 radical (unpaired) electrons. The summed E-state index contributed by atoms with van der Waals surface area (Å²) in [7, 11) is 0. The van der Waals surface area contributed by atoms with E-state index < -0.39 is 0 Å². The van der Waals surface area contributed by atoms with Crippen molar-refractivity contribution in [2.45, 2.75) is 85.7 Å². The summed E-state index contributed by atoms with van der Waals surface area (Å²) in [6.45, 7) is 18.2. The van der Waals surface area contributed by atoms with Crippen LogP contribution in [0.25, 0.3) is 0 Å². The number of anilines is 2. The highest BCUT2D eigenvalue weighted by atomic mass is 16.2. The SMILES string of the molecule is CCc1ccc(NC(=O)N(CC(=O)Nc2cc(C(C)(C)C)nn2C(C)(C)C)C(C)C)cc1. The molecule has 0 aliphatic carbocycles. The molecule has 0 spiro atoms. The van der Waals surface area contributed by atoms with Gasteiger partial charge in [0, 0.05) is 23.2 Å². The van der Waals surface area contributed by atoms with E-state index in [0.29, 0.717) is 11.5 Å². The van der Waals surface area contributed by atoms with Crippen LogP contribution in [0.15, 0.2) is 30.3 Å². The Bertz CT molecular complexity index is 931. The maximum absolute atomic E-state index is 12.9. The lowest BCUT2D eigenvalue weighted by Crippen LogP contribution is -2.45. The molecule has 0 bridgehead atoms. The first-order valence-corrected chi connectivity index (χ1v) is 11.3. The third-order valence-electron chi connectivity index (χ3n) is 5.19. The number of amides is 3. The molecular weight excluding hydrogens is 402 g/mol. The second kappa shape index (κ2) is 9.76. The number of nitrogens with one attached hydrogen (secondary N) is 2. The van der Waals surface area contributed by atoms with Crippen molar-refractivity contribution in [2.75, 3.05) is 17.2 Å². The Morgan fingerprint density at radius 1 is 1.03 bits per heavy atom. The van der Waals surface area contributed by atoms with Gasteiger partial charge in [-0.1, -0.05) is 39.8 Å². The van der Waals surface area contributed by atoms with Crippen LogP contribution in [-0.4, -0.2) is 39.2 Å². The van der Waals surface area contributed by atoms with Crippen LogP contribution in [0.3, 0.4) is 0 Å². The summed E-state index contributed by atoms with van der Waals surface area (Å²) in [5.41, 5.74) is 2.36. The Balaban J connectivity index is 2.16. The molecule has 2 N–H and O–H groups in total. The van der Waals surface area contributed by atoms with Crippen LogP contribution in [0.4, 0.5) is 16.3 Å². The van der Waals surface area contributed by atoms with E-state index in [1.54, 1.807) is 0 Å². The molecule has 0 aliphatic heterocycles. The van der Waals surface area contributed by atoms with Crippen LogP contribution in [0.5, 0.6) is 0 Å². The molecule has 7 nitrogen and oxygen atoms in total. The van der Waals surface area contributed by atoms with Gasteiger partial charge in [0.1, 0.15) is 12.4 Å². The predicted molar refractivity (Wildman–Crippen MR) is 131 cm³/mol.